The third-order valence-electron chi connectivity index (χ3n) is 2.44. The van der Waals surface area contributed by atoms with Crippen LogP contribution in [0.2, 0.25) is 0 Å². The molecule has 1 atom stereocenters. The number of ether oxygens (including phenoxy) is 3. The van der Waals surface area contributed by atoms with Crippen molar-refractivity contribution in [3.05, 3.63) is 22.2 Å². The van der Waals surface area contributed by atoms with Gasteiger partial charge in [0, 0.05) is 7.11 Å². The van der Waals surface area contributed by atoms with E-state index in [1.807, 2.05) is 19.1 Å². The molecule has 0 aliphatic heterocycles. The number of benzene rings is 1. The van der Waals surface area contributed by atoms with E-state index in [1.165, 1.54) is 0 Å². The lowest BCUT2D eigenvalue weighted by Gasteiger charge is -2.18. The molecule has 0 bridgehead atoms. The lowest BCUT2D eigenvalue weighted by molar-refractivity contribution is 0.0894. The maximum absolute atomic E-state index is 5.81. The van der Waals surface area contributed by atoms with Crippen LogP contribution in [0.3, 0.4) is 0 Å². The molecule has 0 heterocycles. The third-order valence-corrected chi connectivity index (χ3v) is 3.03. The van der Waals surface area contributed by atoms with Crippen LogP contribution in [0.5, 0.6) is 11.5 Å². The highest BCUT2D eigenvalue weighted by Crippen LogP contribution is 2.37. The van der Waals surface area contributed by atoms with Crippen LogP contribution in [0.1, 0.15) is 12.5 Å². The molecule has 0 radical (unpaired) electrons. The molecule has 0 fully saturated rings. The topological polar surface area (TPSA) is 53.7 Å². The van der Waals surface area contributed by atoms with Crippen molar-refractivity contribution in [1.82, 2.24) is 0 Å². The van der Waals surface area contributed by atoms with Gasteiger partial charge in [0.15, 0.2) is 11.5 Å². The van der Waals surface area contributed by atoms with Crippen LogP contribution in [-0.4, -0.2) is 33.5 Å². The summed E-state index contributed by atoms with van der Waals surface area (Å²) in [6, 6.07) is 3.96. The van der Waals surface area contributed by atoms with Crippen LogP contribution in [0.25, 0.3) is 0 Å². The molecule has 2 N–H and O–H groups in total. The van der Waals surface area contributed by atoms with Crippen LogP contribution in [0.15, 0.2) is 16.6 Å². The molecule has 0 amide bonds. The van der Waals surface area contributed by atoms with Crippen molar-refractivity contribution in [2.24, 2.45) is 5.73 Å². The quantitative estimate of drug-likeness (QED) is 0.839. The summed E-state index contributed by atoms with van der Waals surface area (Å²) in [6.07, 6.45) is 0.767. The van der Waals surface area contributed by atoms with Gasteiger partial charge >= 0.3 is 0 Å². The minimum absolute atomic E-state index is 0.0411. The van der Waals surface area contributed by atoms with Gasteiger partial charge in [-0.15, -0.1) is 0 Å². The highest BCUT2D eigenvalue weighted by Gasteiger charge is 2.14. The Hall–Kier alpha value is -0.780. The molecule has 4 nitrogen and oxygen atoms in total. The molecule has 0 saturated carbocycles. The van der Waals surface area contributed by atoms with Crippen LogP contribution in [0.4, 0.5) is 0 Å². The molecule has 1 rings (SSSR count). The average molecular weight is 318 g/mol. The number of methoxy groups -OCH3 is 2. The van der Waals surface area contributed by atoms with Crippen molar-refractivity contribution in [2.75, 3.05) is 27.4 Å². The molecule has 1 aromatic rings. The fraction of sp³-hybridized carbons (Fsp3) is 0.538. The number of hydrogen-bond acceptors (Lipinski definition) is 4. The maximum atomic E-state index is 5.81. The molecule has 0 aliphatic carbocycles. The van der Waals surface area contributed by atoms with E-state index in [1.54, 1.807) is 14.2 Å². The Morgan fingerprint density at radius 3 is 2.61 bits per heavy atom. The Morgan fingerprint density at radius 1 is 1.33 bits per heavy atom. The van der Waals surface area contributed by atoms with E-state index in [0.717, 1.165) is 16.5 Å². The van der Waals surface area contributed by atoms with Gasteiger partial charge < -0.3 is 19.9 Å². The predicted octanol–water partition coefficient (Wildman–Crippen LogP) is 2.37. The molecule has 18 heavy (non-hydrogen) atoms. The Kier molecular flexibility index (Phi) is 6.46. The number of nitrogens with two attached hydrogens (primary N) is 1. The average Bonchev–Trinajstić information content (AvgIpc) is 2.33. The van der Waals surface area contributed by atoms with E-state index in [-0.39, 0.29) is 6.10 Å². The second-order valence-corrected chi connectivity index (χ2v) is 4.89. The first-order valence-electron chi connectivity index (χ1n) is 5.84. The summed E-state index contributed by atoms with van der Waals surface area (Å²) in [7, 11) is 3.28. The predicted molar refractivity (Wildman–Crippen MR) is 75.4 cm³/mol. The van der Waals surface area contributed by atoms with E-state index in [0.29, 0.717) is 24.7 Å². The van der Waals surface area contributed by atoms with Crippen molar-refractivity contribution in [3.8, 4) is 11.5 Å². The lowest BCUT2D eigenvalue weighted by Crippen LogP contribution is -2.18. The van der Waals surface area contributed by atoms with Crippen LogP contribution >= 0.6 is 15.9 Å². The van der Waals surface area contributed by atoms with Gasteiger partial charge in [-0.25, -0.2) is 0 Å². The Labute approximate surface area is 117 Å². The van der Waals surface area contributed by atoms with Gasteiger partial charge in [-0.3, -0.25) is 0 Å². The van der Waals surface area contributed by atoms with Crippen molar-refractivity contribution in [2.45, 2.75) is 19.4 Å². The summed E-state index contributed by atoms with van der Waals surface area (Å²) in [6.45, 7) is 3.08. The minimum atomic E-state index is -0.0411. The smallest absolute Gasteiger partial charge is 0.175 e. The lowest BCUT2D eigenvalue weighted by atomic mass is 10.1. The Balaban J connectivity index is 2.95. The van der Waals surface area contributed by atoms with Gasteiger partial charge in [0.25, 0.3) is 0 Å². The monoisotopic (exact) mass is 317 g/mol. The van der Waals surface area contributed by atoms with Gasteiger partial charge in [0.1, 0.15) is 6.10 Å². The van der Waals surface area contributed by atoms with E-state index in [4.69, 9.17) is 19.9 Å². The molecule has 5 heteroatoms. The first-order valence-corrected chi connectivity index (χ1v) is 6.63. The molecule has 0 saturated heterocycles. The van der Waals surface area contributed by atoms with Gasteiger partial charge in [-0.1, -0.05) is 0 Å². The zero-order valence-electron chi connectivity index (χ0n) is 11.0. The molecule has 1 aromatic carbocycles. The van der Waals surface area contributed by atoms with Crippen LogP contribution in [0, 0.1) is 0 Å². The number of hydrogen-bond donors (Lipinski definition) is 1. The summed E-state index contributed by atoms with van der Waals surface area (Å²) in [5.41, 5.74) is 6.68. The molecule has 102 valence electrons. The molecule has 0 spiro atoms. The van der Waals surface area contributed by atoms with Crippen molar-refractivity contribution >= 4 is 15.9 Å². The molecular weight excluding hydrogens is 298 g/mol. The summed E-state index contributed by atoms with van der Waals surface area (Å²) < 4.78 is 17.1. The third kappa shape index (κ3) is 4.15. The maximum Gasteiger partial charge on any atom is 0.175 e. The normalized spacial score (nSPS) is 12.3. The van der Waals surface area contributed by atoms with Gasteiger partial charge in [-0.2, -0.15) is 0 Å². The number of halogens is 1. The van der Waals surface area contributed by atoms with Gasteiger partial charge in [-0.05, 0) is 53.5 Å². The fourth-order valence-electron chi connectivity index (χ4n) is 1.67. The highest BCUT2D eigenvalue weighted by molar-refractivity contribution is 9.10. The molecule has 0 aromatic heterocycles. The molecule has 1 unspecified atom stereocenters. The van der Waals surface area contributed by atoms with Crippen LogP contribution < -0.4 is 15.2 Å². The summed E-state index contributed by atoms with van der Waals surface area (Å²) in [4.78, 5) is 0. The summed E-state index contributed by atoms with van der Waals surface area (Å²) in [5, 5.41) is 0. The van der Waals surface area contributed by atoms with Gasteiger partial charge in [0.2, 0.25) is 0 Å². The zero-order valence-corrected chi connectivity index (χ0v) is 12.6. The largest absolute Gasteiger partial charge is 0.493 e. The summed E-state index contributed by atoms with van der Waals surface area (Å²) >= 11 is 3.50. The molecule has 0 aliphatic rings. The minimum Gasteiger partial charge on any atom is -0.493 e. The number of rotatable bonds is 7. The first kappa shape index (κ1) is 15.3. The zero-order chi connectivity index (χ0) is 13.5. The van der Waals surface area contributed by atoms with E-state index >= 15 is 0 Å². The SMILES string of the molecule is COCC(C)Oc1c(Br)cc(CCN)cc1OC. The standard InChI is InChI=1S/C13H20BrNO3/c1-9(8-16-2)18-13-11(14)6-10(4-5-15)7-12(13)17-3/h6-7,9H,4-5,8,15H2,1-3H3. The summed E-state index contributed by atoms with van der Waals surface area (Å²) in [5.74, 6) is 1.40. The van der Waals surface area contributed by atoms with E-state index < -0.39 is 0 Å². The van der Waals surface area contributed by atoms with E-state index in [2.05, 4.69) is 15.9 Å². The highest BCUT2D eigenvalue weighted by atomic mass is 79.9. The Morgan fingerprint density at radius 2 is 2.06 bits per heavy atom. The molecular formula is C13H20BrNO3. The van der Waals surface area contributed by atoms with E-state index in [9.17, 15) is 0 Å². The fourth-order valence-corrected chi connectivity index (χ4v) is 2.25. The van der Waals surface area contributed by atoms with Gasteiger partial charge in [0.05, 0.1) is 18.2 Å². The Bertz CT molecular complexity index is 385. The second-order valence-electron chi connectivity index (χ2n) is 4.03. The van der Waals surface area contributed by atoms with Crippen molar-refractivity contribution < 1.29 is 14.2 Å². The first-order chi connectivity index (χ1) is 8.62. The van der Waals surface area contributed by atoms with Crippen LogP contribution in [-0.2, 0) is 11.2 Å². The second kappa shape index (κ2) is 7.61. The van der Waals surface area contributed by atoms with Crippen molar-refractivity contribution in [1.29, 1.82) is 0 Å². The van der Waals surface area contributed by atoms with Crippen molar-refractivity contribution in [3.63, 3.8) is 0 Å².